The lowest BCUT2D eigenvalue weighted by molar-refractivity contribution is 0.139. The van der Waals surface area contributed by atoms with E-state index in [4.69, 9.17) is 37.5 Å². The summed E-state index contributed by atoms with van der Waals surface area (Å²) in [4.78, 5) is 5.14. The van der Waals surface area contributed by atoms with Crippen LogP contribution >= 0.6 is 39.1 Å². The molecule has 0 fully saturated rings. The lowest BCUT2D eigenvalue weighted by Gasteiger charge is -2.12. The average Bonchev–Trinajstić information content (AvgIpc) is 2.54. The van der Waals surface area contributed by atoms with Crippen LogP contribution in [0.2, 0.25) is 5.02 Å². The van der Waals surface area contributed by atoms with Crippen LogP contribution in [0.1, 0.15) is 39.5 Å². The number of unbranched alkanes of at least 4 members (excludes halogenated alkanes) is 3. The minimum absolute atomic E-state index is 0.0190. The highest BCUT2D eigenvalue weighted by atomic mass is 79.9. The van der Waals surface area contributed by atoms with Crippen molar-refractivity contribution >= 4 is 44.8 Å². The number of hydrogen-bond donors (Lipinski definition) is 0. The minimum Gasteiger partial charge on any atom is -0.491 e. The van der Waals surface area contributed by atoms with Crippen LogP contribution in [-0.4, -0.2) is 25.5 Å². The monoisotopic (exact) mass is 469 g/mol. The van der Waals surface area contributed by atoms with Crippen molar-refractivity contribution in [2.75, 3.05) is 19.8 Å². The number of rotatable bonds is 12. The molecule has 1 aromatic rings. The van der Waals surface area contributed by atoms with Gasteiger partial charge < -0.3 is 14.3 Å². The van der Waals surface area contributed by atoms with Crippen LogP contribution in [0, 0.1) is 0 Å². The van der Waals surface area contributed by atoms with Gasteiger partial charge in [0, 0.05) is 12.1 Å². The highest BCUT2D eigenvalue weighted by Gasteiger charge is 2.10. The van der Waals surface area contributed by atoms with Gasteiger partial charge in [0.2, 0.25) is 0 Å². The van der Waals surface area contributed by atoms with Gasteiger partial charge in [-0.15, -0.1) is 0 Å². The van der Waals surface area contributed by atoms with Crippen molar-refractivity contribution in [3.63, 3.8) is 0 Å². The summed E-state index contributed by atoms with van der Waals surface area (Å²) in [6.07, 6.45) is 5.08. The predicted octanol–water partition coefficient (Wildman–Crippen LogP) is 6.88. The van der Waals surface area contributed by atoms with Gasteiger partial charge in [-0.05, 0) is 61.5 Å². The lowest BCUT2D eigenvalue weighted by Crippen LogP contribution is -2.00. The SMILES string of the molecule is CC(C)=NOCCCCCCOc1c(Cl)cc(OC/C=C(\F)Cl)cc1Br. The maximum absolute atomic E-state index is 12.4. The molecular weight excluding hydrogens is 448 g/mol. The lowest BCUT2D eigenvalue weighted by atomic mass is 10.2. The van der Waals surface area contributed by atoms with Crippen molar-refractivity contribution in [3.05, 3.63) is 33.0 Å². The molecule has 146 valence electrons. The third kappa shape index (κ3) is 10.2. The van der Waals surface area contributed by atoms with Crippen molar-refractivity contribution < 1.29 is 18.7 Å². The Bertz CT molecular complexity index is 595. The maximum atomic E-state index is 12.4. The summed E-state index contributed by atoms with van der Waals surface area (Å²) in [6.45, 7) is 5.01. The highest BCUT2D eigenvalue weighted by molar-refractivity contribution is 9.10. The van der Waals surface area contributed by atoms with Gasteiger partial charge in [0.05, 0.1) is 21.8 Å². The fraction of sp³-hybridized carbons (Fsp3) is 0.500. The molecule has 0 aliphatic carbocycles. The summed E-state index contributed by atoms with van der Waals surface area (Å²) in [6, 6.07) is 3.34. The molecule has 1 rings (SSSR count). The topological polar surface area (TPSA) is 40.0 Å². The molecule has 0 spiro atoms. The summed E-state index contributed by atoms with van der Waals surface area (Å²) < 4.78 is 24.2. The third-order valence-electron chi connectivity index (χ3n) is 3.08. The Morgan fingerprint density at radius 2 is 1.85 bits per heavy atom. The molecule has 0 aromatic heterocycles. The van der Waals surface area contributed by atoms with E-state index in [2.05, 4.69) is 21.1 Å². The molecule has 0 aliphatic heterocycles. The van der Waals surface area contributed by atoms with Gasteiger partial charge in [-0.1, -0.05) is 28.4 Å². The van der Waals surface area contributed by atoms with Gasteiger partial charge in [-0.3, -0.25) is 0 Å². The van der Waals surface area contributed by atoms with Crippen molar-refractivity contribution in [2.45, 2.75) is 39.5 Å². The Morgan fingerprint density at radius 1 is 1.15 bits per heavy atom. The molecule has 0 heterocycles. The van der Waals surface area contributed by atoms with Crippen LogP contribution in [0.5, 0.6) is 11.5 Å². The Balaban J connectivity index is 2.30. The first-order chi connectivity index (χ1) is 12.4. The van der Waals surface area contributed by atoms with E-state index in [0.717, 1.165) is 37.5 Å². The van der Waals surface area contributed by atoms with Crippen LogP contribution in [-0.2, 0) is 4.84 Å². The van der Waals surface area contributed by atoms with Crippen molar-refractivity contribution in [1.82, 2.24) is 0 Å². The highest BCUT2D eigenvalue weighted by Crippen LogP contribution is 2.37. The van der Waals surface area contributed by atoms with Crippen LogP contribution in [0.4, 0.5) is 4.39 Å². The van der Waals surface area contributed by atoms with Gasteiger partial charge in [-0.2, -0.15) is 4.39 Å². The predicted molar refractivity (Wildman–Crippen MR) is 108 cm³/mol. The standard InChI is InChI=1S/C18H23BrCl2FNO3/c1-13(2)23-26-9-6-4-3-5-8-25-18-15(19)11-14(12-16(18)20)24-10-7-17(21)22/h7,11-12H,3-6,8-10H2,1-2H3/b17-7-. The summed E-state index contributed by atoms with van der Waals surface area (Å²) in [7, 11) is 0. The van der Waals surface area contributed by atoms with E-state index in [1.807, 2.05) is 13.8 Å². The van der Waals surface area contributed by atoms with Crippen molar-refractivity contribution in [3.8, 4) is 11.5 Å². The fourth-order valence-corrected chi connectivity index (χ4v) is 2.92. The van der Waals surface area contributed by atoms with Crippen LogP contribution in [0.3, 0.4) is 0 Å². The van der Waals surface area contributed by atoms with E-state index in [0.29, 0.717) is 34.2 Å². The van der Waals surface area contributed by atoms with E-state index in [1.165, 1.54) is 0 Å². The summed E-state index contributed by atoms with van der Waals surface area (Å²) in [5, 5.41) is 3.50. The van der Waals surface area contributed by atoms with Crippen molar-refractivity contribution in [1.29, 1.82) is 0 Å². The zero-order chi connectivity index (χ0) is 19.4. The maximum Gasteiger partial charge on any atom is 0.188 e. The van der Waals surface area contributed by atoms with Gasteiger partial charge in [0.25, 0.3) is 0 Å². The number of benzene rings is 1. The first-order valence-electron chi connectivity index (χ1n) is 8.29. The second-order valence-corrected chi connectivity index (χ2v) is 7.28. The Kier molecular flexibility index (Phi) is 11.7. The summed E-state index contributed by atoms with van der Waals surface area (Å²) in [5.41, 5.74) is 0.917. The fourth-order valence-electron chi connectivity index (χ4n) is 1.93. The molecule has 0 atom stereocenters. The average molecular weight is 471 g/mol. The Morgan fingerprint density at radius 3 is 2.46 bits per heavy atom. The van der Waals surface area contributed by atoms with Crippen LogP contribution in [0.15, 0.2) is 33.1 Å². The van der Waals surface area contributed by atoms with Crippen LogP contribution in [0.25, 0.3) is 0 Å². The van der Waals surface area contributed by atoms with E-state index in [-0.39, 0.29) is 6.61 Å². The molecule has 0 N–H and O–H groups in total. The molecule has 8 heteroatoms. The largest absolute Gasteiger partial charge is 0.491 e. The number of hydrogen-bond acceptors (Lipinski definition) is 4. The van der Waals surface area contributed by atoms with Crippen molar-refractivity contribution in [2.24, 2.45) is 5.16 Å². The molecule has 0 bridgehead atoms. The molecule has 0 saturated carbocycles. The van der Waals surface area contributed by atoms with E-state index in [1.54, 1.807) is 12.1 Å². The molecule has 0 saturated heterocycles. The molecule has 0 unspecified atom stereocenters. The molecule has 1 aromatic carbocycles. The normalized spacial score (nSPS) is 11.2. The van der Waals surface area contributed by atoms with E-state index < -0.39 is 5.29 Å². The summed E-state index contributed by atoms with van der Waals surface area (Å²) in [5.74, 6) is 1.06. The number of oxime groups is 1. The van der Waals surface area contributed by atoms with Gasteiger partial charge in [0.15, 0.2) is 11.0 Å². The number of halogens is 4. The van der Waals surface area contributed by atoms with Gasteiger partial charge in [0.1, 0.15) is 19.0 Å². The van der Waals surface area contributed by atoms with E-state index >= 15 is 0 Å². The first kappa shape index (κ1) is 23.1. The van der Waals surface area contributed by atoms with E-state index in [9.17, 15) is 4.39 Å². The zero-order valence-electron chi connectivity index (χ0n) is 14.9. The summed E-state index contributed by atoms with van der Waals surface area (Å²) >= 11 is 14.7. The number of ether oxygens (including phenoxy) is 2. The molecule has 4 nitrogen and oxygen atoms in total. The molecule has 0 aliphatic rings. The van der Waals surface area contributed by atoms with Crippen LogP contribution < -0.4 is 9.47 Å². The molecule has 0 amide bonds. The third-order valence-corrected chi connectivity index (χ3v) is 4.11. The Labute approximate surface area is 172 Å². The minimum atomic E-state index is -0.810. The van der Waals surface area contributed by atoms with Gasteiger partial charge >= 0.3 is 0 Å². The second kappa shape index (κ2) is 13.2. The smallest absolute Gasteiger partial charge is 0.188 e. The van der Waals surface area contributed by atoms with Gasteiger partial charge in [-0.25, -0.2) is 0 Å². The quantitative estimate of drug-likeness (QED) is 0.190. The second-order valence-electron chi connectivity index (χ2n) is 5.66. The molecule has 26 heavy (non-hydrogen) atoms. The Hall–Kier alpha value is -0.980. The molecule has 0 radical (unpaired) electrons. The zero-order valence-corrected chi connectivity index (χ0v) is 18.0. The first-order valence-corrected chi connectivity index (χ1v) is 9.84. The molecular formula is C18H23BrCl2FNO3. The number of nitrogens with zero attached hydrogens (tertiary/aromatic N) is 1.